The summed E-state index contributed by atoms with van der Waals surface area (Å²) >= 11 is 0. The molecule has 0 aliphatic rings. The van der Waals surface area contributed by atoms with E-state index in [1.807, 2.05) is 0 Å². The molecule has 0 aliphatic heterocycles. The van der Waals surface area contributed by atoms with Gasteiger partial charge in [-0.15, -0.1) is 0 Å². The van der Waals surface area contributed by atoms with Gasteiger partial charge in [0.2, 0.25) is 0 Å². The first kappa shape index (κ1) is 18.2. The Bertz CT molecular complexity index is 773. The van der Waals surface area contributed by atoms with E-state index in [0.717, 1.165) is 0 Å². The Balaban J connectivity index is 2.12. The average molecular weight is 345 g/mol. The molecule has 0 heterocycles. The van der Waals surface area contributed by atoms with E-state index < -0.39 is 28.6 Å². The maximum Gasteiger partial charge on any atom is 0.269 e. The first-order chi connectivity index (χ1) is 11.9. The molecule has 0 aliphatic carbocycles. The van der Waals surface area contributed by atoms with Crippen molar-refractivity contribution < 1.29 is 20.1 Å². The lowest BCUT2D eigenvalue weighted by atomic mass is 10.0. The zero-order chi connectivity index (χ0) is 18.4. The second kappa shape index (κ2) is 8.08. The van der Waals surface area contributed by atoms with Gasteiger partial charge in [-0.05, 0) is 35.4 Å². The zero-order valence-electron chi connectivity index (χ0n) is 12.9. The molecule has 2 aromatic carbocycles. The van der Waals surface area contributed by atoms with Crippen molar-refractivity contribution in [3.63, 3.8) is 0 Å². The molecule has 0 aromatic heterocycles. The molecule has 0 bridgehead atoms. The van der Waals surface area contributed by atoms with E-state index in [4.69, 9.17) is 0 Å². The highest BCUT2D eigenvalue weighted by Gasteiger charge is 2.20. The number of nitro benzene ring substituents is 2. The van der Waals surface area contributed by atoms with Crippen LogP contribution in [0.15, 0.2) is 53.5 Å². The summed E-state index contributed by atoms with van der Waals surface area (Å²) in [6.07, 6.45) is 0.235. The Labute approximate surface area is 142 Å². The van der Waals surface area contributed by atoms with Gasteiger partial charge in [0.25, 0.3) is 11.4 Å². The van der Waals surface area contributed by atoms with Crippen LogP contribution in [0.3, 0.4) is 0 Å². The number of nitro groups is 2. The Morgan fingerprint density at radius 2 is 1.44 bits per heavy atom. The van der Waals surface area contributed by atoms with Crippen LogP contribution in [0.2, 0.25) is 0 Å². The molecule has 2 N–H and O–H groups in total. The highest BCUT2D eigenvalue weighted by Crippen LogP contribution is 2.22. The number of rotatable bonds is 7. The Kier molecular flexibility index (Phi) is 5.88. The molecule has 0 saturated carbocycles. The molecule has 2 aromatic rings. The van der Waals surface area contributed by atoms with Crippen molar-refractivity contribution in [2.45, 2.75) is 12.1 Å². The van der Waals surface area contributed by atoms with E-state index in [2.05, 4.69) is 4.99 Å². The number of nitrogens with zero attached hydrogens (tertiary/aromatic N) is 3. The average Bonchev–Trinajstić information content (AvgIpc) is 2.62. The Hall–Kier alpha value is -3.17. The molecular formula is C16H15N3O6. The van der Waals surface area contributed by atoms with Crippen molar-refractivity contribution in [3.8, 4) is 0 Å². The largest absolute Gasteiger partial charge is 0.394 e. The summed E-state index contributed by atoms with van der Waals surface area (Å²) in [5.74, 6) is 0. The van der Waals surface area contributed by atoms with Gasteiger partial charge in [0, 0.05) is 30.5 Å². The predicted molar refractivity (Wildman–Crippen MR) is 89.6 cm³/mol. The third-order valence-corrected chi connectivity index (χ3v) is 3.52. The lowest BCUT2D eigenvalue weighted by molar-refractivity contribution is -0.385. The van der Waals surface area contributed by atoms with Crippen molar-refractivity contribution in [1.82, 2.24) is 0 Å². The van der Waals surface area contributed by atoms with Gasteiger partial charge >= 0.3 is 0 Å². The van der Waals surface area contributed by atoms with Crippen molar-refractivity contribution in [3.05, 3.63) is 79.9 Å². The number of benzene rings is 2. The number of hydrogen-bond acceptors (Lipinski definition) is 7. The van der Waals surface area contributed by atoms with Gasteiger partial charge in [-0.3, -0.25) is 25.2 Å². The highest BCUT2D eigenvalue weighted by atomic mass is 16.6. The monoisotopic (exact) mass is 345 g/mol. The third kappa shape index (κ3) is 4.66. The SMILES string of the molecule is O=[N+]([O-])c1ccc(C=NC(CO)C(O)c2ccc([N+](=O)[O-])cc2)cc1. The van der Waals surface area contributed by atoms with Gasteiger partial charge < -0.3 is 10.2 Å². The van der Waals surface area contributed by atoms with E-state index in [1.165, 1.54) is 54.7 Å². The number of aliphatic hydroxyl groups excluding tert-OH is 2. The van der Waals surface area contributed by atoms with Gasteiger partial charge in [0.15, 0.2) is 0 Å². The van der Waals surface area contributed by atoms with E-state index in [1.54, 1.807) is 0 Å². The molecule has 25 heavy (non-hydrogen) atoms. The summed E-state index contributed by atoms with van der Waals surface area (Å²) in [6.45, 7) is -0.443. The van der Waals surface area contributed by atoms with Gasteiger partial charge in [0.1, 0.15) is 12.1 Å². The van der Waals surface area contributed by atoms with E-state index >= 15 is 0 Å². The lowest BCUT2D eigenvalue weighted by Crippen LogP contribution is -2.21. The highest BCUT2D eigenvalue weighted by molar-refractivity contribution is 5.80. The molecular weight excluding hydrogens is 330 g/mol. The number of aliphatic imine (C=N–C) groups is 1. The predicted octanol–water partition coefficient (Wildman–Crippen LogP) is 2.02. The second-order valence-electron chi connectivity index (χ2n) is 5.17. The summed E-state index contributed by atoms with van der Waals surface area (Å²) in [6, 6.07) is 10.1. The normalized spacial score (nSPS) is 13.5. The maximum absolute atomic E-state index is 10.6. The topological polar surface area (TPSA) is 139 Å². The summed E-state index contributed by atoms with van der Waals surface area (Å²) < 4.78 is 0. The summed E-state index contributed by atoms with van der Waals surface area (Å²) in [5.41, 5.74) is 0.790. The van der Waals surface area contributed by atoms with Crippen LogP contribution < -0.4 is 0 Å². The smallest absolute Gasteiger partial charge is 0.269 e. The summed E-state index contributed by atoms with van der Waals surface area (Å²) in [5, 5.41) is 40.9. The molecule has 0 radical (unpaired) electrons. The van der Waals surface area contributed by atoms with Crippen LogP contribution in [0.25, 0.3) is 0 Å². The first-order valence-corrected chi connectivity index (χ1v) is 7.23. The Morgan fingerprint density at radius 1 is 0.960 bits per heavy atom. The van der Waals surface area contributed by atoms with Crippen molar-refractivity contribution in [2.75, 3.05) is 6.61 Å². The molecule has 0 saturated heterocycles. The molecule has 0 fully saturated rings. The minimum absolute atomic E-state index is 0.0539. The zero-order valence-corrected chi connectivity index (χ0v) is 12.9. The third-order valence-electron chi connectivity index (χ3n) is 3.52. The molecule has 2 unspecified atom stereocenters. The van der Waals surface area contributed by atoms with Crippen LogP contribution in [0, 0.1) is 20.2 Å². The molecule has 130 valence electrons. The minimum atomic E-state index is -1.15. The van der Waals surface area contributed by atoms with E-state index in [0.29, 0.717) is 11.1 Å². The van der Waals surface area contributed by atoms with Gasteiger partial charge in [-0.25, -0.2) is 0 Å². The van der Waals surface area contributed by atoms with Gasteiger partial charge in [0.05, 0.1) is 16.5 Å². The van der Waals surface area contributed by atoms with Gasteiger partial charge in [-0.1, -0.05) is 0 Å². The van der Waals surface area contributed by atoms with Crippen molar-refractivity contribution in [2.24, 2.45) is 4.99 Å². The fourth-order valence-electron chi connectivity index (χ4n) is 2.11. The standard InChI is InChI=1S/C16H15N3O6/c20-10-15(16(21)12-3-7-14(8-4-12)19(24)25)17-9-11-1-5-13(6-2-11)18(22)23/h1-9,15-16,20-21H,10H2. The molecule has 0 spiro atoms. The maximum atomic E-state index is 10.6. The molecule has 2 rings (SSSR count). The van der Waals surface area contributed by atoms with Crippen LogP contribution in [0.5, 0.6) is 0 Å². The van der Waals surface area contributed by atoms with E-state index in [9.17, 15) is 30.4 Å². The van der Waals surface area contributed by atoms with Crippen LogP contribution in [0.1, 0.15) is 17.2 Å². The minimum Gasteiger partial charge on any atom is -0.394 e. The fourth-order valence-corrected chi connectivity index (χ4v) is 2.11. The van der Waals surface area contributed by atoms with Crippen LogP contribution in [-0.4, -0.2) is 38.9 Å². The number of hydrogen-bond donors (Lipinski definition) is 2. The fraction of sp³-hybridized carbons (Fsp3) is 0.188. The van der Waals surface area contributed by atoms with Crippen molar-refractivity contribution >= 4 is 17.6 Å². The van der Waals surface area contributed by atoms with Crippen LogP contribution in [-0.2, 0) is 0 Å². The van der Waals surface area contributed by atoms with Gasteiger partial charge in [-0.2, -0.15) is 0 Å². The Morgan fingerprint density at radius 3 is 1.88 bits per heavy atom. The molecule has 9 heteroatoms. The number of aliphatic hydroxyl groups is 2. The number of non-ortho nitro benzene ring substituents is 2. The lowest BCUT2D eigenvalue weighted by Gasteiger charge is -2.17. The molecule has 9 nitrogen and oxygen atoms in total. The van der Waals surface area contributed by atoms with Crippen LogP contribution >= 0.6 is 0 Å². The first-order valence-electron chi connectivity index (χ1n) is 7.23. The molecule has 0 amide bonds. The van der Waals surface area contributed by atoms with Crippen LogP contribution in [0.4, 0.5) is 11.4 Å². The summed E-state index contributed by atoms with van der Waals surface area (Å²) in [7, 11) is 0. The quantitative estimate of drug-likeness (QED) is 0.447. The molecule has 2 atom stereocenters. The second-order valence-corrected chi connectivity index (χ2v) is 5.17. The van der Waals surface area contributed by atoms with E-state index in [-0.39, 0.29) is 11.4 Å². The summed E-state index contributed by atoms with van der Waals surface area (Å²) in [4.78, 5) is 24.3. The van der Waals surface area contributed by atoms with Crippen molar-refractivity contribution in [1.29, 1.82) is 0 Å².